The molecule has 3 aromatic rings. The normalized spacial score (nSPS) is 10.8. The maximum atomic E-state index is 12.4. The monoisotopic (exact) mass is 337 g/mol. The van der Waals surface area contributed by atoms with Crippen LogP contribution < -0.4 is 16.4 Å². The van der Waals surface area contributed by atoms with E-state index in [1.807, 2.05) is 31.2 Å². The van der Waals surface area contributed by atoms with Crippen molar-refractivity contribution in [3.63, 3.8) is 0 Å². The molecule has 25 heavy (non-hydrogen) atoms. The molecule has 1 aromatic heterocycles. The molecule has 2 aromatic carbocycles. The maximum Gasteiger partial charge on any atom is 0.273 e. The second-order valence-corrected chi connectivity index (χ2v) is 5.96. The van der Waals surface area contributed by atoms with Crippen LogP contribution in [0.25, 0.3) is 10.8 Å². The lowest BCUT2D eigenvalue weighted by Crippen LogP contribution is -2.32. The van der Waals surface area contributed by atoms with Crippen molar-refractivity contribution >= 4 is 16.7 Å². The highest BCUT2D eigenvalue weighted by Crippen LogP contribution is 2.04. The van der Waals surface area contributed by atoms with Crippen molar-refractivity contribution in [1.29, 1.82) is 0 Å². The van der Waals surface area contributed by atoms with Gasteiger partial charge in [-0.25, -0.2) is 4.68 Å². The number of amides is 1. The number of benzene rings is 2. The number of nitrogens with one attached hydrogen (secondary N) is 2. The molecule has 0 aliphatic rings. The predicted molar refractivity (Wildman–Crippen MR) is 96.5 cm³/mol. The minimum Gasteiger partial charge on any atom is -0.352 e. The van der Waals surface area contributed by atoms with E-state index in [-0.39, 0.29) is 30.0 Å². The number of carbonyl (C=O) groups excluding carboxylic acids is 1. The van der Waals surface area contributed by atoms with Gasteiger partial charge in [0.2, 0.25) is 5.91 Å². The average molecular weight is 337 g/mol. The SMILES string of the molecule is Cc1cccc(CNC(=O)CCn2[nH]c(=O)c3ccccc3c2=O)c1. The minimum absolute atomic E-state index is 0.111. The van der Waals surface area contributed by atoms with Gasteiger partial charge in [-0.1, -0.05) is 42.0 Å². The van der Waals surface area contributed by atoms with Gasteiger partial charge in [-0.05, 0) is 24.6 Å². The number of rotatable bonds is 5. The van der Waals surface area contributed by atoms with Crippen molar-refractivity contribution in [1.82, 2.24) is 15.1 Å². The van der Waals surface area contributed by atoms with E-state index in [0.717, 1.165) is 11.1 Å². The smallest absolute Gasteiger partial charge is 0.273 e. The van der Waals surface area contributed by atoms with Gasteiger partial charge in [0.25, 0.3) is 11.1 Å². The number of H-pyrrole nitrogens is 1. The van der Waals surface area contributed by atoms with E-state index in [2.05, 4.69) is 10.4 Å². The molecule has 128 valence electrons. The largest absolute Gasteiger partial charge is 0.352 e. The van der Waals surface area contributed by atoms with Crippen LogP contribution in [0.2, 0.25) is 0 Å². The van der Waals surface area contributed by atoms with Gasteiger partial charge in [0, 0.05) is 13.0 Å². The molecule has 6 heteroatoms. The maximum absolute atomic E-state index is 12.4. The van der Waals surface area contributed by atoms with E-state index in [4.69, 9.17) is 0 Å². The van der Waals surface area contributed by atoms with Crippen molar-refractivity contribution in [3.8, 4) is 0 Å². The average Bonchev–Trinajstić information content (AvgIpc) is 2.62. The van der Waals surface area contributed by atoms with Gasteiger partial charge in [0.05, 0.1) is 17.3 Å². The molecule has 0 atom stereocenters. The fraction of sp³-hybridized carbons (Fsp3) is 0.211. The second kappa shape index (κ2) is 7.17. The van der Waals surface area contributed by atoms with Gasteiger partial charge in [-0.2, -0.15) is 0 Å². The Morgan fingerprint density at radius 3 is 2.60 bits per heavy atom. The first kappa shape index (κ1) is 16.7. The number of hydrogen-bond donors (Lipinski definition) is 2. The fourth-order valence-electron chi connectivity index (χ4n) is 2.73. The third kappa shape index (κ3) is 3.85. The Kier molecular flexibility index (Phi) is 4.79. The number of aromatic nitrogens is 2. The summed E-state index contributed by atoms with van der Waals surface area (Å²) in [6.45, 7) is 2.55. The summed E-state index contributed by atoms with van der Waals surface area (Å²) >= 11 is 0. The van der Waals surface area contributed by atoms with Gasteiger partial charge in [0.1, 0.15) is 0 Å². The Labute approximate surface area is 144 Å². The molecule has 0 bridgehead atoms. The van der Waals surface area contributed by atoms with Crippen molar-refractivity contribution < 1.29 is 4.79 Å². The number of carbonyl (C=O) groups is 1. The van der Waals surface area contributed by atoms with Crippen LogP contribution in [0.5, 0.6) is 0 Å². The van der Waals surface area contributed by atoms with Crippen LogP contribution in [0.15, 0.2) is 58.1 Å². The second-order valence-electron chi connectivity index (χ2n) is 5.96. The lowest BCUT2D eigenvalue weighted by atomic mass is 10.1. The van der Waals surface area contributed by atoms with Crippen molar-refractivity contribution in [2.24, 2.45) is 0 Å². The number of hydrogen-bond acceptors (Lipinski definition) is 3. The Hall–Kier alpha value is -3.15. The minimum atomic E-state index is -0.338. The van der Waals surface area contributed by atoms with Crippen molar-refractivity contribution in [2.45, 2.75) is 26.4 Å². The summed E-state index contributed by atoms with van der Waals surface area (Å²) in [6.07, 6.45) is 0.111. The molecular formula is C19H19N3O3. The summed E-state index contributed by atoms with van der Waals surface area (Å²) in [7, 11) is 0. The van der Waals surface area contributed by atoms with Crippen LogP contribution in [0.1, 0.15) is 17.5 Å². The summed E-state index contributed by atoms with van der Waals surface area (Å²) in [5, 5.41) is 6.05. The summed E-state index contributed by atoms with van der Waals surface area (Å²) in [6, 6.07) is 14.5. The number of nitrogens with zero attached hydrogens (tertiary/aromatic N) is 1. The third-order valence-electron chi connectivity index (χ3n) is 4.02. The zero-order chi connectivity index (χ0) is 17.8. The molecule has 0 spiro atoms. The summed E-state index contributed by atoms with van der Waals surface area (Å²) < 4.78 is 1.19. The highest BCUT2D eigenvalue weighted by Gasteiger charge is 2.08. The fourth-order valence-corrected chi connectivity index (χ4v) is 2.73. The Morgan fingerprint density at radius 2 is 1.84 bits per heavy atom. The van der Waals surface area contributed by atoms with Gasteiger partial charge >= 0.3 is 0 Å². The quantitative estimate of drug-likeness (QED) is 0.743. The summed E-state index contributed by atoms with van der Waals surface area (Å²) in [5.74, 6) is -0.178. The Morgan fingerprint density at radius 1 is 1.08 bits per heavy atom. The van der Waals surface area contributed by atoms with E-state index >= 15 is 0 Å². The van der Waals surface area contributed by atoms with E-state index in [0.29, 0.717) is 17.3 Å². The Balaban J connectivity index is 1.66. The standard InChI is InChI=1S/C19H19N3O3/c1-13-5-4-6-14(11-13)12-20-17(23)9-10-22-19(25)16-8-3-2-7-15(16)18(24)21-22/h2-8,11H,9-10,12H2,1H3,(H,20,23)(H,21,24). The van der Waals surface area contributed by atoms with Crippen LogP contribution in [0.4, 0.5) is 0 Å². The molecule has 0 aliphatic heterocycles. The summed E-state index contributed by atoms with van der Waals surface area (Å²) in [4.78, 5) is 36.4. The van der Waals surface area contributed by atoms with E-state index < -0.39 is 0 Å². The predicted octanol–water partition coefficient (Wildman–Crippen LogP) is 1.70. The zero-order valence-electron chi connectivity index (χ0n) is 13.9. The van der Waals surface area contributed by atoms with Crippen LogP contribution in [0.3, 0.4) is 0 Å². The lowest BCUT2D eigenvalue weighted by Gasteiger charge is -2.08. The highest BCUT2D eigenvalue weighted by molar-refractivity contribution is 5.80. The molecule has 0 radical (unpaired) electrons. The van der Waals surface area contributed by atoms with Gasteiger partial charge in [-0.15, -0.1) is 0 Å². The summed E-state index contributed by atoms with van der Waals surface area (Å²) in [5.41, 5.74) is 1.51. The van der Waals surface area contributed by atoms with Crippen molar-refractivity contribution in [2.75, 3.05) is 0 Å². The van der Waals surface area contributed by atoms with Gasteiger partial charge in [-0.3, -0.25) is 19.5 Å². The molecule has 0 fully saturated rings. The molecule has 3 rings (SSSR count). The topological polar surface area (TPSA) is 84.0 Å². The first-order valence-corrected chi connectivity index (χ1v) is 8.09. The molecule has 0 unspecified atom stereocenters. The molecule has 1 amide bonds. The third-order valence-corrected chi connectivity index (χ3v) is 4.02. The molecule has 0 saturated carbocycles. The lowest BCUT2D eigenvalue weighted by molar-refractivity contribution is -0.121. The highest BCUT2D eigenvalue weighted by atomic mass is 16.2. The van der Waals surface area contributed by atoms with E-state index in [1.54, 1.807) is 24.3 Å². The molecule has 0 aliphatic carbocycles. The van der Waals surface area contributed by atoms with E-state index in [1.165, 1.54) is 4.68 Å². The zero-order valence-corrected chi connectivity index (χ0v) is 13.9. The number of fused-ring (bicyclic) bond motifs is 1. The van der Waals surface area contributed by atoms with Crippen LogP contribution in [0, 0.1) is 6.92 Å². The molecule has 6 nitrogen and oxygen atoms in total. The first-order chi connectivity index (χ1) is 12.0. The molecule has 2 N–H and O–H groups in total. The van der Waals surface area contributed by atoms with Gasteiger partial charge < -0.3 is 5.32 Å². The van der Waals surface area contributed by atoms with Crippen LogP contribution in [-0.2, 0) is 17.9 Å². The molecule has 0 saturated heterocycles. The molecule has 1 heterocycles. The van der Waals surface area contributed by atoms with Crippen molar-refractivity contribution in [3.05, 3.63) is 80.4 Å². The number of aromatic amines is 1. The molecular weight excluding hydrogens is 318 g/mol. The Bertz CT molecular complexity index is 1030. The van der Waals surface area contributed by atoms with Crippen LogP contribution >= 0.6 is 0 Å². The number of aryl methyl sites for hydroxylation is 2. The first-order valence-electron chi connectivity index (χ1n) is 8.09. The van der Waals surface area contributed by atoms with Crippen LogP contribution in [-0.4, -0.2) is 15.7 Å². The van der Waals surface area contributed by atoms with E-state index in [9.17, 15) is 14.4 Å². The van der Waals surface area contributed by atoms with Gasteiger partial charge in [0.15, 0.2) is 0 Å².